The minimum Gasteiger partial charge on any atom is -0.507 e. The molecule has 0 spiro atoms. The molecule has 57 heavy (non-hydrogen) atoms. The maximum Gasteiger partial charge on any atom is 0.342 e. The highest BCUT2D eigenvalue weighted by atomic mass is 16.5. The molecule has 2 bridgehead atoms. The molecule has 304 valence electrons. The minimum atomic E-state index is -0.950. The lowest BCUT2D eigenvalue weighted by molar-refractivity contribution is -0.139. The minimum absolute atomic E-state index is 0.0128. The molecule has 12 nitrogen and oxygen atoms in total. The van der Waals surface area contributed by atoms with Gasteiger partial charge in [0.25, 0.3) is 5.56 Å². The number of nitrogens with zero attached hydrogens (tertiary/aromatic N) is 2. The molecule has 0 aliphatic carbocycles. The average molecular weight is 782 g/mol. The molecule has 0 radical (unpaired) electrons. The molecule has 1 fully saturated rings. The highest BCUT2D eigenvalue weighted by Gasteiger charge is 2.39. The van der Waals surface area contributed by atoms with Gasteiger partial charge in [0.2, 0.25) is 11.8 Å². The lowest BCUT2D eigenvalue weighted by Gasteiger charge is -2.43. The van der Waals surface area contributed by atoms with Crippen molar-refractivity contribution in [3.05, 3.63) is 92.9 Å². The van der Waals surface area contributed by atoms with Crippen LogP contribution in [-0.4, -0.2) is 75.6 Å². The molecule has 3 aliphatic heterocycles. The van der Waals surface area contributed by atoms with E-state index in [1.165, 1.54) is 13.2 Å². The summed E-state index contributed by atoms with van der Waals surface area (Å²) in [6.45, 7) is 7.16. The number of phenols is 2. The number of cyclic esters (lactones) is 1. The summed E-state index contributed by atoms with van der Waals surface area (Å²) in [5, 5.41) is 26.6. The summed E-state index contributed by atoms with van der Waals surface area (Å²) in [5.41, 5.74) is 1.53. The van der Waals surface area contributed by atoms with Gasteiger partial charge in [-0.05, 0) is 92.7 Å². The van der Waals surface area contributed by atoms with Crippen molar-refractivity contribution < 1.29 is 38.9 Å². The van der Waals surface area contributed by atoms with Crippen LogP contribution in [0.4, 0.5) is 0 Å². The summed E-state index contributed by atoms with van der Waals surface area (Å²) >= 11 is 0. The van der Waals surface area contributed by atoms with Crippen LogP contribution in [0.3, 0.4) is 0 Å². The van der Waals surface area contributed by atoms with Gasteiger partial charge in [-0.15, -0.1) is 0 Å². The van der Waals surface area contributed by atoms with Gasteiger partial charge >= 0.3 is 5.97 Å². The molecule has 0 saturated carbocycles. The first-order valence-electron chi connectivity index (χ1n) is 20.2. The number of nitrogens with one attached hydrogen (secondary N) is 1. The fourth-order valence-electron chi connectivity index (χ4n) is 8.67. The number of aromatic nitrogens is 1. The molecule has 3 aromatic rings. The molecule has 12 heteroatoms. The van der Waals surface area contributed by atoms with Gasteiger partial charge in [-0.3, -0.25) is 19.2 Å². The van der Waals surface area contributed by atoms with Gasteiger partial charge in [0.1, 0.15) is 34.6 Å². The number of ketones is 1. The number of esters is 1. The maximum absolute atomic E-state index is 14.3. The number of allylic oxidation sites excluding steroid dienone is 1. The molecule has 6 rings (SSSR count). The molecule has 2 amide bonds. The number of piperidine rings is 1. The first-order chi connectivity index (χ1) is 27.3. The second kappa shape index (κ2) is 18.3. The van der Waals surface area contributed by atoms with Gasteiger partial charge in [-0.1, -0.05) is 44.2 Å². The predicted octanol–water partition coefficient (Wildman–Crippen LogP) is 6.45. The zero-order valence-corrected chi connectivity index (χ0v) is 33.4. The third-order valence-corrected chi connectivity index (χ3v) is 11.4. The quantitative estimate of drug-likeness (QED) is 0.207. The Morgan fingerprint density at radius 3 is 2.49 bits per heavy atom. The Balaban J connectivity index is 1.31. The van der Waals surface area contributed by atoms with Gasteiger partial charge < -0.3 is 34.5 Å². The second-order valence-electron chi connectivity index (χ2n) is 16.3. The molecule has 3 unspecified atom stereocenters. The number of pyridine rings is 1. The third-order valence-electron chi connectivity index (χ3n) is 11.4. The fourth-order valence-corrected chi connectivity index (χ4v) is 8.67. The Kier molecular flexibility index (Phi) is 13.2. The van der Waals surface area contributed by atoms with Gasteiger partial charge in [0.15, 0.2) is 0 Å². The summed E-state index contributed by atoms with van der Waals surface area (Å²) < 4.78 is 13.0. The van der Waals surface area contributed by atoms with Gasteiger partial charge in [0.05, 0.1) is 13.2 Å². The Bertz CT molecular complexity index is 2050. The van der Waals surface area contributed by atoms with Crippen LogP contribution in [0, 0.1) is 11.8 Å². The van der Waals surface area contributed by atoms with E-state index in [0.717, 1.165) is 12.1 Å². The van der Waals surface area contributed by atoms with Crippen molar-refractivity contribution in [3.63, 3.8) is 0 Å². The van der Waals surface area contributed by atoms with E-state index >= 15 is 0 Å². The van der Waals surface area contributed by atoms with E-state index in [0.29, 0.717) is 75.9 Å². The Hall–Kier alpha value is -5.39. The zero-order chi connectivity index (χ0) is 40.8. The van der Waals surface area contributed by atoms with Gasteiger partial charge in [-0.2, -0.15) is 0 Å². The first kappa shape index (κ1) is 41.2. The lowest BCUT2D eigenvalue weighted by Crippen LogP contribution is -2.55. The number of hydrogen-bond donors (Lipinski definition) is 3. The number of benzene rings is 2. The highest BCUT2D eigenvalue weighted by molar-refractivity contribution is 5.98. The van der Waals surface area contributed by atoms with Crippen LogP contribution < -0.4 is 15.6 Å². The molecule has 1 saturated heterocycles. The normalized spacial score (nSPS) is 21.1. The number of carbonyl (C=O) groups excluding carboxylic acids is 4. The molecule has 4 heterocycles. The van der Waals surface area contributed by atoms with Crippen molar-refractivity contribution in [3.8, 4) is 17.2 Å². The van der Waals surface area contributed by atoms with E-state index < -0.39 is 35.7 Å². The summed E-state index contributed by atoms with van der Waals surface area (Å²) in [6, 6.07) is 12.7. The zero-order valence-electron chi connectivity index (χ0n) is 33.4. The lowest BCUT2D eigenvalue weighted by atomic mass is 9.82. The molecular formula is C45H55N3O9. The first-order valence-corrected chi connectivity index (χ1v) is 20.2. The molecule has 3 N–H and O–H groups in total. The van der Waals surface area contributed by atoms with Gasteiger partial charge in [-0.25, -0.2) is 4.79 Å². The number of phenolic OH excluding ortho intramolecular Hbond substituents is 2. The third kappa shape index (κ3) is 9.77. The number of aromatic hydroxyl groups is 2. The van der Waals surface area contributed by atoms with Crippen LogP contribution in [0.25, 0.3) is 6.08 Å². The number of ether oxygens (including phenoxy) is 2. The van der Waals surface area contributed by atoms with Crippen LogP contribution in [-0.2, 0) is 25.7 Å². The Morgan fingerprint density at radius 1 is 1.00 bits per heavy atom. The van der Waals surface area contributed by atoms with Crippen LogP contribution in [0.15, 0.2) is 59.4 Å². The van der Waals surface area contributed by atoms with Gasteiger partial charge in [0, 0.05) is 68.1 Å². The number of hydrogen-bond acceptors (Lipinski definition) is 9. The largest absolute Gasteiger partial charge is 0.507 e. The van der Waals surface area contributed by atoms with Crippen LogP contribution in [0.1, 0.15) is 123 Å². The Labute approximate surface area is 333 Å². The van der Waals surface area contributed by atoms with Crippen molar-refractivity contribution in [2.75, 3.05) is 20.2 Å². The highest BCUT2D eigenvalue weighted by Crippen LogP contribution is 2.44. The van der Waals surface area contributed by atoms with E-state index in [9.17, 15) is 34.2 Å². The molecule has 1 aromatic heterocycles. The SMILES string of the molecule is COc1ccc(C(CC(=O)N[C@@H](CC(C)C)C(=O)N2CC3CC(C2)c2cccc(=O)n2C3)c2c(O)cc3c(c2O)C(=O)O[C@@H](C)CCCC(=O)CCCC=C3)cc1. The molecule has 5 atom stereocenters. The predicted molar refractivity (Wildman–Crippen MR) is 215 cm³/mol. The van der Waals surface area contributed by atoms with Crippen LogP contribution >= 0.6 is 0 Å². The average Bonchev–Trinajstić information content (AvgIpc) is 3.16. The van der Waals surface area contributed by atoms with Crippen molar-refractivity contribution in [1.82, 2.24) is 14.8 Å². The molecule has 2 aromatic carbocycles. The number of carbonyl (C=O) groups is 4. The number of Topliss-reactive ketones (excluding diaryl/α,β-unsaturated/α-hetero) is 1. The van der Waals surface area contributed by atoms with Crippen LogP contribution in [0.2, 0.25) is 0 Å². The maximum atomic E-state index is 14.3. The number of rotatable bonds is 9. The van der Waals surface area contributed by atoms with Crippen LogP contribution in [0.5, 0.6) is 17.2 Å². The van der Waals surface area contributed by atoms with Crippen molar-refractivity contribution in [2.24, 2.45) is 11.8 Å². The number of likely N-dealkylation sites (tertiary alicyclic amines) is 1. The molecule has 3 aliphatic rings. The van der Waals surface area contributed by atoms with E-state index in [-0.39, 0.29) is 63.9 Å². The standard InChI is InChI=1S/C45H55N3O9/c1-27(2)20-36(44(54)47-24-29-21-32(26-47)37-14-9-15-40(52)48(37)25-29)46-39(51)23-35(30-16-18-34(56-4)19-17-30)42-38(50)22-31-11-6-5-7-12-33(49)13-8-10-28(3)57-45(55)41(31)43(42)53/h6,9,11,14-19,22,27-29,32,35-36,50,53H,5,7-8,10,12-13,20-21,23-26H2,1-4H3,(H,46,51)/t28-,29?,32?,35?,36-/m0/s1. The summed E-state index contributed by atoms with van der Waals surface area (Å²) in [4.78, 5) is 69.0. The monoisotopic (exact) mass is 781 g/mol. The molecular weight excluding hydrogens is 727 g/mol. The van der Waals surface area contributed by atoms with Crippen molar-refractivity contribution in [1.29, 1.82) is 0 Å². The second-order valence-corrected chi connectivity index (χ2v) is 16.3. The summed E-state index contributed by atoms with van der Waals surface area (Å²) in [5.74, 6) is -2.32. The Morgan fingerprint density at radius 2 is 1.75 bits per heavy atom. The van der Waals surface area contributed by atoms with Crippen molar-refractivity contribution in [2.45, 2.75) is 109 Å². The topological polar surface area (TPSA) is 164 Å². The number of amides is 2. The fraction of sp³-hybridized carbons (Fsp3) is 0.489. The number of methoxy groups -OCH3 is 1. The van der Waals surface area contributed by atoms with Crippen molar-refractivity contribution >= 4 is 29.6 Å². The number of fused-ring (bicyclic) bond motifs is 5. The van der Waals surface area contributed by atoms with E-state index in [2.05, 4.69) is 5.32 Å². The van der Waals surface area contributed by atoms with E-state index in [1.807, 2.05) is 29.4 Å². The van der Waals surface area contributed by atoms with E-state index in [1.54, 1.807) is 55.5 Å². The smallest absolute Gasteiger partial charge is 0.342 e. The van der Waals surface area contributed by atoms with E-state index in [4.69, 9.17) is 9.47 Å². The summed E-state index contributed by atoms with van der Waals surface area (Å²) in [6.07, 6.45) is 6.92. The summed E-state index contributed by atoms with van der Waals surface area (Å²) in [7, 11) is 1.53.